The summed E-state index contributed by atoms with van der Waals surface area (Å²) in [4.78, 5) is 8.45. The molecule has 2 heterocycles. The number of hydrogen-bond acceptors (Lipinski definition) is 4. The minimum atomic E-state index is 0.484. The van der Waals surface area contributed by atoms with Crippen LogP contribution in [0.2, 0.25) is 0 Å². The van der Waals surface area contributed by atoms with E-state index < -0.39 is 0 Å². The molecule has 0 aliphatic carbocycles. The van der Waals surface area contributed by atoms with E-state index in [2.05, 4.69) is 25.9 Å². The quantitative estimate of drug-likeness (QED) is 0.246. The molecule has 2 rings (SSSR count). The molecule has 6 heteroatoms. The third-order valence-electron chi connectivity index (χ3n) is 3.85. The van der Waals surface area contributed by atoms with Crippen molar-refractivity contribution in [3.05, 3.63) is 24.5 Å². The van der Waals surface area contributed by atoms with Gasteiger partial charge >= 0.3 is 0 Å². The Morgan fingerprint density at radius 1 is 1.41 bits per heavy atom. The zero-order valence-electron chi connectivity index (χ0n) is 12.9. The average molecular weight is 300 g/mol. The summed E-state index contributed by atoms with van der Waals surface area (Å²) in [6.45, 7) is 3.05. The van der Waals surface area contributed by atoms with Gasteiger partial charge in [-0.1, -0.05) is 12.8 Å². The molecular weight excluding hydrogens is 276 g/mol. The number of pyridine rings is 1. The minimum Gasteiger partial charge on any atom is -0.324 e. The summed E-state index contributed by atoms with van der Waals surface area (Å²) in [5, 5.41) is 17.8. The molecule has 0 spiro atoms. The third-order valence-corrected chi connectivity index (χ3v) is 3.85. The van der Waals surface area contributed by atoms with Crippen LogP contribution in [0.15, 0.2) is 29.5 Å². The summed E-state index contributed by atoms with van der Waals surface area (Å²) in [5.41, 5.74) is 0.818. The fraction of sp³-hybridized carbons (Fsp3) is 0.562. The number of unbranched alkanes of at least 4 members (excludes halogenated alkanes) is 1. The Balaban J connectivity index is 1.69. The minimum absolute atomic E-state index is 0.484. The van der Waals surface area contributed by atoms with E-state index in [0.717, 1.165) is 37.7 Å². The molecule has 118 valence electrons. The second-order valence-electron chi connectivity index (χ2n) is 5.52. The van der Waals surface area contributed by atoms with Crippen molar-refractivity contribution >= 4 is 11.6 Å². The second-order valence-corrected chi connectivity index (χ2v) is 5.52. The average Bonchev–Trinajstić information content (AvgIpc) is 2.56. The van der Waals surface area contributed by atoms with Crippen molar-refractivity contribution in [3.63, 3.8) is 0 Å². The molecule has 0 saturated carbocycles. The monoisotopic (exact) mass is 300 g/mol. The first kappa shape index (κ1) is 16.2. The highest BCUT2D eigenvalue weighted by Gasteiger charge is 2.11. The first-order valence-corrected chi connectivity index (χ1v) is 7.96. The van der Waals surface area contributed by atoms with Gasteiger partial charge < -0.3 is 10.6 Å². The van der Waals surface area contributed by atoms with Crippen molar-refractivity contribution < 1.29 is 0 Å². The molecule has 3 N–H and O–H groups in total. The summed E-state index contributed by atoms with van der Waals surface area (Å²) in [6, 6.07) is 3.73. The van der Waals surface area contributed by atoms with Crippen LogP contribution in [0, 0.1) is 17.4 Å². The molecule has 0 bridgehead atoms. The summed E-state index contributed by atoms with van der Waals surface area (Å²) in [5.74, 6) is 1.35. The van der Waals surface area contributed by atoms with Gasteiger partial charge in [0.1, 0.15) is 0 Å². The molecule has 6 nitrogen and oxygen atoms in total. The number of aliphatic imine (C=N–C) groups is 1. The Bertz CT molecular complexity index is 487. The lowest BCUT2D eigenvalue weighted by atomic mass is 9.92. The van der Waals surface area contributed by atoms with Gasteiger partial charge in [0, 0.05) is 12.7 Å². The molecule has 1 aliphatic heterocycles. The largest absolute Gasteiger partial charge is 0.324 e. The second kappa shape index (κ2) is 9.74. The summed E-state index contributed by atoms with van der Waals surface area (Å²) >= 11 is 0. The number of nitriles is 1. The number of nitrogens with zero attached hydrogens (tertiary/aromatic N) is 3. The summed E-state index contributed by atoms with van der Waals surface area (Å²) in [7, 11) is 0. The van der Waals surface area contributed by atoms with Gasteiger partial charge in [-0.25, -0.2) is 0 Å². The van der Waals surface area contributed by atoms with Crippen molar-refractivity contribution in [2.24, 2.45) is 10.9 Å². The van der Waals surface area contributed by atoms with Crippen molar-refractivity contribution in [2.45, 2.75) is 32.1 Å². The maximum absolute atomic E-state index is 8.78. The number of guanidine groups is 1. The van der Waals surface area contributed by atoms with Gasteiger partial charge in [-0.05, 0) is 50.4 Å². The molecule has 1 saturated heterocycles. The van der Waals surface area contributed by atoms with Crippen LogP contribution in [0.1, 0.15) is 32.1 Å². The number of nitrogens with one attached hydrogen (secondary N) is 3. The standard InChI is InChI=1S/C16H24N6/c17-13-21-16(22-15-5-3-8-19-12-15)20-9-2-1-4-14-6-10-18-11-7-14/h3,5,8,12,14,18H,1-2,4,6-7,9-11H2,(H2,20,21,22). The van der Waals surface area contributed by atoms with Crippen LogP contribution in [-0.4, -0.2) is 30.6 Å². The first-order valence-electron chi connectivity index (χ1n) is 7.96. The molecule has 1 aliphatic rings. The highest BCUT2D eigenvalue weighted by Crippen LogP contribution is 2.18. The third kappa shape index (κ3) is 6.10. The summed E-state index contributed by atoms with van der Waals surface area (Å²) < 4.78 is 0. The number of rotatable bonds is 6. The normalized spacial score (nSPS) is 16.0. The topological polar surface area (TPSA) is 85.1 Å². The van der Waals surface area contributed by atoms with Crippen molar-refractivity contribution in [3.8, 4) is 6.19 Å². The lowest BCUT2D eigenvalue weighted by Gasteiger charge is -2.22. The Morgan fingerprint density at radius 2 is 2.27 bits per heavy atom. The first-order chi connectivity index (χ1) is 10.9. The Labute approximate surface area is 132 Å². The van der Waals surface area contributed by atoms with Crippen LogP contribution in [0.5, 0.6) is 0 Å². The van der Waals surface area contributed by atoms with E-state index >= 15 is 0 Å². The van der Waals surface area contributed by atoms with Crippen molar-refractivity contribution in [1.29, 1.82) is 5.26 Å². The molecule has 0 amide bonds. The Kier molecular flexibility index (Phi) is 7.19. The predicted octanol–water partition coefficient (Wildman–Crippen LogP) is 2.09. The van der Waals surface area contributed by atoms with E-state index in [4.69, 9.17) is 5.26 Å². The SMILES string of the molecule is N#CNC(=NCCCCC1CCNCC1)Nc1cccnc1. The highest BCUT2D eigenvalue weighted by atomic mass is 15.2. The fourth-order valence-corrected chi connectivity index (χ4v) is 2.64. The smallest absolute Gasteiger partial charge is 0.209 e. The maximum Gasteiger partial charge on any atom is 0.209 e. The maximum atomic E-state index is 8.78. The Hall–Kier alpha value is -2.13. The van der Waals surface area contributed by atoms with Crippen LogP contribution in [-0.2, 0) is 0 Å². The van der Waals surface area contributed by atoms with Crippen LogP contribution in [0.3, 0.4) is 0 Å². The van der Waals surface area contributed by atoms with E-state index in [1.165, 1.54) is 25.7 Å². The molecule has 1 aromatic rings. The van der Waals surface area contributed by atoms with E-state index in [9.17, 15) is 0 Å². The van der Waals surface area contributed by atoms with Gasteiger partial charge in [0.15, 0.2) is 6.19 Å². The molecule has 0 aromatic carbocycles. The number of piperidine rings is 1. The fourth-order valence-electron chi connectivity index (χ4n) is 2.64. The summed E-state index contributed by atoms with van der Waals surface area (Å²) in [6.07, 6.45) is 11.4. The molecule has 0 radical (unpaired) electrons. The van der Waals surface area contributed by atoms with Gasteiger partial charge in [0.2, 0.25) is 5.96 Å². The van der Waals surface area contributed by atoms with E-state index in [-0.39, 0.29) is 0 Å². The van der Waals surface area contributed by atoms with Gasteiger partial charge in [-0.3, -0.25) is 15.3 Å². The number of anilines is 1. The van der Waals surface area contributed by atoms with Gasteiger partial charge in [0.25, 0.3) is 0 Å². The lowest BCUT2D eigenvalue weighted by Crippen LogP contribution is -2.27. The van der Waals surface area contributed by atoms with Gasteiger partial charge in [-0.15, -0.1) is 0 Å². The zero-order chi connectivity index (χ0) is 15.5. The van der Waals surface area contributed by atoms with Crippen LogP contribution >= 0.6 is 0 Å². The van der Waals surface area contributed by atoms with E-state index in [1.54, 1.807) is 12.4 Å². The van der Waals surface area contributed by atoms with Gasteiger partial charge in [-0.2, -0.15) is 5.26 Å². The van der Waals surface area contributed by atoms with Crippen molar-refractivity contribution in [1.82, 2.24) is 15.6 Å². The van der Waals surface area contributed by atoms with Crippen LogP contribution < -0.4 is 16.0 Å². The van der Waals surface area contributed by atoms with E-state index in [0.29, 0.717) is 5.96 Å². The molecular formula is C16H24N6. The lowest BCUT2D eigenvalue weighted by molar-refractivity contribution is 0.345. The molecule has 0 unspecified atom stereocenters. The van der Waals surface area contributed by atoms with Gasteiger partial charge in [0.05, 0.1) is 11.9 Å². The van der Waals surface area contributed by atoms with Crippen molar-refractivity contribution in [2.75, 3.05) is 25.0 Å². The molecule has 22 heavy (non-hydrogen) atoms. The molecule has 1 fully saturated rings. The van der Waals surface area contributed by atoms with Crippen LogP contribution in [0.4, 0.5) is 5.69 Å². The predicted molar refractivity (Wildman–Crippen MR) is 88.4 cm³/mol. The number of aromatic nitrogens is 1. The number of hydrogen-bond donors (Lipinski definition) is 3. The molecule has 1 aromatic heterocycles. The van der Waals surface area contributed by atoms with E-state index in [1.807, 2.05) is 18.3 Å². The highest BCUT2D eigenvalue weighted by molar-refractivity contribution is 5.94. The Morgan fingerprint density at radius 3 is 3.00 bits per heavy atom. The zero-order valence-corrected chi connectivity index (χ0v) is 12.9. The van der Waals surface area contributed by atoms with Crippen LogP contribution in [0.25, 0.3) is 0 Å². The molecule has 0 atom stereocenters.